The third-order valence-electron chi connectivity index (χ3n) is 3.41. The lowest BCUT2D eigenvalue weighted by atomic mass is 9.97. The number of rotatable bonds is 5. The number of aryl methyl sites for hydroxylation is 1. The molecule has 1 aromatic heterocycles. The predicted octanol–water partition coefficient (Wildman–Crippen LogP) is 4.56. The molecule has 8 heteroatoms. The number of ketones is 1. The molecule has 5 nitrogen and oxygen atoms in total. The molecular formula is C16H14Cl2INO4. The van der Waals surface area contributed by atoms with Crippen molar-refractivity contribution >= 4 is 51.6 Å². The molecule has 0 saturated carbocycles. The second kappa shape index (κ2) is 7.76. The standard InChI is InChI=1S/C16H14Cl2INO4/c1-7-5-9(22-2)14(23-3)15(24-4)10(7)13(21)11-12(17)8(19)6-20-16(11)18/h5-6H,1-4H3. The van der Waals surface area contributed by atoms with Crippen molar-refractivity contribution in [3.8, 4) is 17.2 Å². The predicted molar refractivity (Wildman–Crippen MR) is 101 cm³/mol. The molecule has 1 aromatic carbocycles. The van der Waals surface area contributed by atoms with Gasteiger partial charge in [-0.15, -0.1) is 0 Å². The van der Waals surface area contributed by atoms with Crippen LogP contribution in [-0.2, 0) is 0 Å². The van der Waals surface area contributed by atoms with Gasteiger partial charge in [-0.25, -0.2) is 4.98 Å². The third kappa shape index (κ3) is 3.27. The molecule has 0 saturated heterocycles. The molecule has 0 aliphatic rings. The van der Waals surface area contributed by atoms with E-state index in [1.807, 2.05) is 22.6 Å². The molecule has 2 rings (SSSR count). The summed E-state index contributed by atoms with van der Waals surface area (Å²) in [7, 11) is 4.43. The zero-order chi connectivity index (χ0) is 18.0. The molecule has 0 amide bonds. The molecule has 0 N–H and O–H groups in total. The fraction of sp³-hybridized carbons (Fsp3) is 0.250. The summed E-state index contributed by atoms with van der Waals surface area (Å²) in [5.41, 5.74) is 1.06. The minimum absolute atomic E-state index is 0.0293. The van der Waals surface area contributed by atoms with Crippen LogP contribution in [0.2, 0.25) is 10.2 Å². The molecule has 0 fully saturated rings. The summed E-state index contributed by atoms with van der Waals surface area (Å²) < 4.78 is 16.7. The maximum Gasteiger partial charge on any atom is 0.204 e. The number of aromatic nitrogens is 1. The Balaban J connectivity index is 2.78. The number of ether oxygens (including phenoxy) is 3. The van der Waals surface area contributed by atoms with E-state index in [0.717, 1.165) is 0 Å². The van der Waals surface area contributed by atoms with E-state index in [-0.39, 0.29) is 21.5 Å². The van der Waals surface area contributed by atoms with Crippen LogP contribution in [0.5, 0.6) is 17.2 Å². The average Bonchev–Trinajstić information content (AvgIpc) is 2.56. The lowest BCUT2D eigenvalue weighted by Gasteiger charge is -2.18. The van der Waals surface area contributed by atoms with Crippen molar-refractivity contribution in [2.45, 2.75) is 6.92 Å². The summed E-state index contributed by atoms with van der Waals surface area (Å²) in [6.45, 7) is 1.76. The first-order valence-electron chi connectivity index (χ1n) is 6.71. The van der Waals surface area contributed by atoms with E-state index >= 15 is 0 Å². The molecular weight excluding hydrogens is 468 g/mol. The summed E-state index contributed by atoms with van der Waals surface area (Å²) >= 11 is 14.4. The summed E-state index contributed by atoms with van der Waals surface area (Å²) in [5.74, 6) is 0.637. The van der Waals surface area contributed by atoms with Crippen molar-refractivity contribution in [2.75, 3.05) is 21.3 Å². The van der Waals surface area contributed by atoms with Crippen LogP contribution in [0.15, 0.2) is 12.3 Å². The van der Waals surface area contributed by atoms with Crippen molar-refractivity contribution in [1.82, 2.24) is 4.98 Å². The highest BCUT2D eigenvalue weighted by molar-refractivity contribution is 14.1. The van der Waals surface area contributed by atoms with E-state index in [4.69, 9.17) is 37.4 Å². The molecule has 1 heterocycles. The highest BCUT2D eigenvalue weighted by atomic mass is 127. The SMILES string of the molecule is COc1cc(C)c(C(=O)c2c(Cl)ncc(I)c2Cl)c(OC)c1OC. The zero-order valence-corrected chi connectivity index (χ0v) is 17.0. The van der Waals surface area contributed by atoms with Crippen LogP contribution in [0, 0.1) is 10.5 Å². The molecule has 0 aliphatic carbocycles. The molecule has 0 radical (unpaired) electrons. The van der Waals surface area contributed by atoms with Gasteiger partial charge in [-0.2, -0.15) is 0 Å². The second-order valence-electron chi connectivity index (χ2n) is 4.75. The minimum atomic E-state index is -0.397. The number of hydrogen-bond acceptors (Lipinski definition) is 5. The van der Waals surface area contributed by atoms with E-state index in [9.17, 15) is 4.79 Å². The lowest BCUT2D eigenvalue weighted by Crippen LogP contribution is -2.11. The van der Waals surface area contributed by atoms with Gasteiger partial charge < -0.3 is 14.2 Å². The maximum atomic E-state index is 13.1. The number of carbonyl (C=O) groups excluding carboxylic acids is 1. The quantitative estimate of drug-likeness (QED) is 0.356. The van der Waals surface area contributed by atoms with Crippen molar-refractivity contribution < 1.29 is 19.0 Å². The van der Waals surface area contributed by atoms with Gasteiger partial charge in [0.1, 0.15) is 5.15 Å². The van der Waals surface area contributed by atoms with Crippen molar-refractivity contribution in [3.63, 3.8) is 0 Å². The van der Waals surface area contributed by atoms with Gasteiger partial charge in [0.25, 0.3) is 0 Å². The van der Waals surface area contributed by atoms with Gasteiger partial charge in [-0.3, -0.25) is 4.79 Å². The van der Waals surface area contributed by atoms with E-state index in [1.165, 1.54) is 27.5 Å². The number of methoxy groups -OCH3 is 3. The first-order valence-corrected chi connectivity index (χ1v) is 8.54. The molecule has 0 aliphatic heterocycles. The largest absolute Gasteiger partial charge is 0.493 e. The Hall–Kier alpha value is -1.25. The first-order chi connectivity index (χ1) is 11.4. The first kappa shape index (κ1) is 19.1. The maximum absolute atomic E-state index is 13.1. The van der Waals surface area contributed by atoms with E-state index in [0.29, 0.717) is 26.2 Å². The fourth-order valence-corrected chi connectivity index (χ4v) is 3.23. The Morgan fingerprint density at radius 2 is 1.71 bits per heavy atom. The van der Waals surface area contributed by atoms with Crippen LogP contribution in [0.4, 0.5) is 0 Å². The third-order valence-corrected chi connectivity index (χ3v) is 5.22. The molecule has 0 spiro atoms. The number of hydrogen-bond donors (Lipinski definition) is 0. The summed E-state index contributed by atoms with van der Waals surface area (Å²) in [6, 6.07) is 1.69. The van der Waals surface area contributed by atoms with Crippen LogP contribution >= 0.6 is 45.8 Å². The van der Waals surface area contributed by atoms with Crippen LogP contribution in [0.3, 0.4) is 0 Å². The summed E-state index contributed by atoms with van der Waals surface area (Å²) in [4.78, 5) is 17.1. The van der Waals surface area contributed by atoms with Gasteiger partial charge in [0.05, 0.1) is 41.0 Å². The second-order valence-corrected chi connectivity index (χ2v) is 6.65. The monoisotopic (exact) mass is 481 g/mol. The Labute approximate surface area is 163 Å². The average molecular weight is 482 g/mol. The number of pyridine rings is 1. The number of carbonyl (C=O) groups is 1. The zero-order valence-electron chi connectivity index (χ0n) is 13.4. The van der Waals surface area contributed by atoms with Gasteiger partial charge in [0.15, 0.2) is 11.5 Å². The van der Waals surface area contributed by atoms with E-state index in [1.54, 1.807) is 13.0 Å². The highest BCUT2D eigenvalue weighted by Gasteiger charge is 2.28. The molecule has 0 bridgehead atoms. The normalized spacial score (nSPS) is 10.5. The number of benzene rings is 1. The molecule has 2 aromatic rings. The Morgan fingerprint density at radius 1 is 1.08 bits per heavy atom. The number of nitrogens with zero attached hydrogens (tertiary/aromatic N) is 1. The topological polar surface area (TPSA) is 57.7 Å². The summed E-state index contributed by atoms with van der Waals surface area (Å²) in [5, 5.41) is 0.276. The van der Waals surface area contributed by atoms with Gasteiger partial charge in [0.2, 0.25) is 11.5 Å². The van der Waals surface area contributed by atoms with Gasteiger partial charge in [-0.05, 0) is 41.1 Å². The Kier molecular flexibility index (Phi) is 6.17. The van der Waals surface area contributed by atoms with Crippen LogP contribution in [0.1, 0.15) is 21.5 Å². The van der Waals surface area contributed by atoms with E-state index < -0.39 is 5.78 Å². The number of halogens is 3. The Bertz CT molecular complexity index is 811. The van der Waals surface area contributed by atoms with Gasteiger partial charge in [0, 0.05) is 6.20 Å². The van der Waals surface area contributed by atoms with Crippen LogP contribution < -0.4 is 14.2 Å². The van der Waals surface area contributed by atoms with Crippen molar-refractivity contribution in [3.05, 3.63) is 42.7 Å². The molecule has 0 atom stereocenters. The van der Waals surface area contributed by atoms with Crippen LogP contribution in [0.25, 0.3) is 0 Å². The molecule has 24 heavy (non-hydrogen) atoms. The smallest absolute Gasteiger partial charge is 0.204 e. The highest BCUT2D eigenvalue weighted by Crippen LogP contribution is 2.43. The van der Waals surface area contributed by atoms with Crippen molar-refractivity contribution in [1.29, 1.82) is 0 Å². The Morgan fingerprint density at radius 3 is 2.25 bits per heavy atom. The lowest BCUT2D eigenvalue weighted by molar-refractivity contribution is 0.103. The van der Waals surface area contributed by atoms with E-state index in [2.05, 4.69) is 4.98 Å². The minimum Gasteiger partial charge on any atom is -0.493 e. The van der Waals surface area contributed by atoms with Gasteiger partial charge >= 0.3 is 0 Å². The molecule has 128 valence electrons. The van der Waals surface area contributed by atoms with Crippen LogP contribution in [-0.4, -0.2) is 32.1 Å². The van der Waals surface area contributed by atoms with Gasteiger partial charge in [-0.1, -0.05) is 23.2 Å². The summed E-state index contributed by atoms with van der Waals surface area (Å²) in [6.07, 6.45) is 1.50. The van der Waals surface area contributed by atoms with Crippen molar-refractivity contribution in [2.24, 2.45) is 0 Å². The molecule has 0 unspecified atom stereocenters. The fourth-order valence-electron chi connectivity index (χ4n) is 2.32.